The molecule has 2 aromatic heterocycles. The zero-order valence-electron chi connectivity index (χ0n) is 14.5. The molecule has 1 N–H and O–H groups in total. The van der Waals surface area contributed by atoms with Gasteiger partial charge in [-0.3, -0.25) is 4.79 Å². The first-order chi connectivity index (χ1) is 12.5. The lowest BCUT2D eigenvalue weighted by Gasteiger charge is -2.18. The minimum Gasteiger partial charge on any atom is -0.322 e. The lowest BCUT2D eigenvalue weighted by molar-refractivity contribution is 0.102. The van der Waals surface area contributed by atoms with Crippen molar-refractivity contribution in [3.63, 3.8) is 0 Å². The molecule has 8 nitrogen and oxygen atoms in total. The largest absolute Gasteiger partial charge is 0.322 e. The van der Waals surface area contributed by atoms with Gasteiger partial charge in [0, 0.05) is 31.2 Å². The molecule has 3 aromatic rings. The Balaban J connectivity index is 1.88. The van der Waals surface area contributed by atoms with Crippen LogP contribution < -0.4 is 5.32 Å². The van der Waals surface area contributed by atoms with Crippen molar-refractivity contribution in [2.45, 2.75) is 18.7 Å². The summed E-state index contributed by atoms with van der Waals surface area (Å²) >= 11 is 0. The number of hydrogen-bond donors (Lipinski definition) is 1. The summed E-state index contributed by atoms with van der Waals surface area (Å²) in [5.74, 6) is -0.406. The maximum atomic E-state index is 12.6. The van der Waals surface area contributed by atoms with E-state index in [4.69, 9.17) is 0 Å². The number of carbonyl (C=O) groups is 1. The van der Waals surface area contributed by atoms with E-state index in [1.54, 1.807) is 44.4 Å². The van der Waals surface area contributed by atoms with E-state index in [2.05, 4.69) is 15.4 Å². The number of carbonyl (C=O) groups excluding carboxylic acids is 1. The van der Waals surface area contributed by atoms with Crippen LogP contribution in [0.25, 0.3) is 5.65 Å². The summed E-state index contributed by atoms with van der Waals surface area (Å²) in [6.07, 6.45) is 4.69. The van der Waals surface area contributed by atoms with Crippen molar-refractivity contribution in [3.05, 3.63) is 54.5 Å². The third-order valence-electron chi connectivity index (χ3n) is 3.96. The molecule has 0 bridgehead atoms. The van der Waals surface area contributed by atoms with Crippen molar-refractivity contribution in [1.82, 2.24) is 18.9 Å². The highest BCUT2D eigenvalue weighted by molar-refractivity contribution is 7.89. The topological polar surface area (TPSA) is 96.7 Å². The summed E-state index contributed by atoms with van der Waals surface area (Å²) in [5.41, 5.74) is 1.12. The molecular weight excluding hydrogens is 354 g/mol. The highest BCUT2D eigenvalue weighted by atomic mass is 32.2. The molecule has 0 spiro atoms. The SMILES string of the molecule is CCN(CC)S(=O)(=O)c1cccc(NC(=O)c2cnn3cccnc23)c1. The Hall–Kier alpha value is -2.78. The summed E-state index contributed by atoms with van der Waals surface area (Å²) in [7, 11) is -3.59. The number of anilines is 1. The van der Waals surface area contributed by atoms with Gasteiger partial charge in [0.05, 0.1) is 11.1 Å². The third kappa shape index (κ3) is 3.31. The highest BCUT2D eigenvalue weighted by Crippen LogP contribution is 2.20. The van der Waals surface area contributed by atoms with E-state index in [0.29, 0.717) is 30.0 Å². The second-order valence-electron chi connectivity index (χ2n) is 5.52. The van der Waals surface area contributed by atoms with Crippen molar-refractivity contribution < 1.29 is 13.2 Å². The average Bonchev–Trinajstić information content (AvgIpc) is 3.07. The fourth-order valence-electron chi connectivity index (χ4n) is 2.63. The van der Waals surface area contributed by atoms with Gasteiger partial charge in [-0.15, -0.1) is 0 Å². The van der Waals surface area contributed by atoms with Gasteiger partial charge < -0.3 is 5.32 Å². The summed E-state index contributed by atoms with van der Waals surface area (Å²) in [6, 6.07) is 7.91. The van der Waals surface area contributed by atoms with Gasteiger partial charge in [-0.05, 0) is 24.3 Å². The molecule has 26 heavy (non-hydrogen) atoms. The van der Waals surface area contributed by atoms with Crippen LogP contribution in [-0.2, 0) is 10.0 Å². The van der Waals surface area contributed by atoms with Crippen LogP contribution >= 0.6 is 0 Å². The van der Waals surface area contributed by atoms with Gasteiger partial charge in [0.25, 0.3) is 5.91 Å². The van der Waals surface area contributed by atoms with Crippen LogP contribution in [0.2, 0.25) is 0 Å². The van der Waals surface area contributed by atoms with Gasteiger partial charge in [0.1, 0.15) is 5.56 Å². The van der Waals surface area contributed by atoms with E-state index < -0.39 is 15.9 Å². The van der Waals surface area contributed by atoms with Gasteiger partial charge >= 0.3 is 0 Å². The molecule has 0 unspecified atom stereocenters. The van der Waals surface area contributed by atoms with Gasteiger partial charge in [0.15, 0.2) is 5.65 Å². The van der Waals surface area contributed by atoms with E-state index in [-0.39, 0.29) is 4.90 Å². The molecule has 0 aliphatic rings. The van der Waals surface area contributed by atoms with Crippen LogP contribution in [-0.4, -0.2) is 46.3 Å². The number of amides is 1. The van der Waals surface area contributed by atoms with Crippen molar-refractivity contribution in [2.24, 2.45) is 0 Å². The zero-order chi connectivity index (χ0) is 18.7. The summed E-state index contributed by atoms with van der Waals surface area (Å²) in [5, 5.41) is 6.78. The van der Waals surface area contributed by atoms with Crippen molar-refractivity contribution in [2.75, 3.05) is 18.4 Å². The summed E-state index contributed by atoms with van der Waals surface area (Å²) < 4.78 is 28.1. The Morgan fingerprint density at radius 1 is 1.23 bits per heavy atom. The van der Waals surface area contributed by atoms with Crippen LogP contribution in [0.1, 0.15) is 24.2 Å². The molecule has 0 saturated carbocycles. The third-order valence-corrected chi connectivity index (χ3v) is 6.00. The molecule has 0 aliphatic heterocycles. The van der Waals surface area contributed by atoms with Gasteiger partial charge in [-0.2, -0.15) is 9.40 Å². The number of benzene rings is 1. The lowest BCUT2D eigenvalue weighted by atomic mass is 10.2. The second-order valence-corrected chi connectivity index (χ2v) is 7.46. The number of nitrogens with zero attached hydrogens (tertiary/aromatic N) is 4. The van der Waals surface area contributed by atoms with E-state index in [0.717, 1.165) is 0 Å². The lowest BCUT2D eigenvalue weighted by Crippen LogP contribution is -2.30. The minimum atomic E-state index is -3.59. The van der Waals surface area contributed by atoms with E-state index in [1.807, 2.05) is 0 Å². The number of hydrogen-bond acceptors (Lipinski definition) is 5. The summed E-state index contributed by atoms with van der Waals surface area (Å²) in [4.78, 5) is 16.8. The molecule has 9 heteroatoms. The first-order valence-corrected chi connectivity index (χ1v) is 9.61. The number of sulfonamides is 1. The molecule has 0 fully saturated rings. The molecule has 1 aromatic carbocycles. The maximum Gasteiger partial charge on any atom is 0.261 e. The molecule has 0 atom stereocenters. The van der Waals surface area contributed by atoms with Crippen LogP contribution in [0.15, 0.2) is 53.8 Å². The molecule has 3 rings (SSSR count). The number of rotatable bonds is 6. The van der Waals surface area contributed by atoms with E-state index in [9.17, 15) is 13.2 Å². The maximum absolute atomic E-state index is 12.6. The zero-order valence-corrected chi connectivity index (χ0v) is 15.3. The normalized spacial score (nSPS) is 11.8. The van der Waals surface area contributed by atoms with Gasteiger partial charge in [-0.25, -0.2) is 17.9 Å². The number of nitrogens with one attached hydrogen (secondary N) is 1. The Morgan fingerprint density at radius 2 is 2.00 bits per heavy atom. The highest BCUT2D eigenvalue weighted by Gasteiger charge is 2.22. The predicted octanol–water partition coefficient (Wildman–Crippen LogP) is 2.01. The monoisotopic (exact) mass is 373 g/mol. The Labute approximate surface area is 151 Å². The summed E-state index contributed by atoms with van der Waals surface area (Å²) in [6.45, 7) is 4.32. The smallest absolute Gasteiger partial charge is 0.261 e. The van der Waals surface area contributed by atoms with E-state index >= 15 is 0 Å². The van der Waals surface area contributed by atoms with Crippen LogP contribution in [0.5, 0.6) is 0 Å². The van der Waals surface area contributed by atoms with Crippen molar-refractivity contribution >= 4 is 27.3 Å². The Bertz CT molecular complexity index is 1040. The first-order valence-electron chi connectivity index (χ1n) is 8.17. The fourth-order valence-corrected chi connectivity index (χ4v) is 4.14. The van der Waals surface area contributed by atoms with Gasteiger partial charge in [0.2, 0.25) is 10.0 Å². The first kappa shape index (κ1) is 18.0. The fraction of sp³-hybridized carbons (Fsp3) is 0.235. The van der Waals surface area contributed by atoms with Crippen LogP contribution in [0, 0.1) is 0 Å². The molecule has 0 aliphatic carbocycles. The molecule has 0 radical (unpaired) electrons. The Morgan fingerprint density at radius 3 is 2.73 bits per heavy atom. The standard InChI is InChI=1S/C17H19N5O3S/c1-3-21(4-2)26(24,25)14-8-5-7-13(11-14)20-17(23)15-12-19-22-10-6-9-18-16(15)22/h5-12H,3-4H2,1-2H3,(H,20,23). The van der Waals surface area contributed by atoms with Crippen molar-refractivity contribution in [1.29, 1.82) is 0 Å². The van der Waals surface area contributed by atoms with Crippen LogP contribution in [0.3, 0.4) is 0 Å². The Kier molecular flexibility index (Phi) is 5.01. The molecule has 2 heterocycles. The van der Waals surface area contributed by atoms with Crippen molar-refractivity contribution in [3.8, 4) is 0 Å². The van der Waals surface area contributed by atoms with Gasteiger partial charge in [-0.1, -0.05) is 19.9 Å². The van der Waals surface area contributed by atoms with E-state index in [1.165, 1.54) is 27.2 Å². The molecular formula is C17H19N5O3S. The molecule has 1 amide bonds. The molecule has 136 valence electrons. The molecule has 0 saturated heterocycles. The second kappa shape index (κ2) is 7.22. The minimum absolute atomic E-state index is 0.136. The number of aromatic nitrogens is 3. The average molecular weight is 373 g/mol. The predicted molar refractivity (Wildman–Crippen MR) is 97.5 cm³/mol. The van der Waals surface area contributed by atoms with Crippen LogP contribution in [0.4, 0.5) is 5.69 Å². The number of fused-ring (bicyclic) bond motifs is 1. The quantitative estimate of drug-likeness (QED) is 0.713.